The third kappa shape index (κ3) is 7.54. The molecule has 3 N–H and O–H groups in total. The molecule has 1 aliphatic heterocycles. The maximum atomic E-state index is 13.9. The summed E-state index contributed by atoms with van der Waals surface area (Å²) in [5.41, 5.74) is 8.25. The van der Waals surface area contributed by atoms with Crippen molar-refractivity contribution in [1.29, 1.82) is 0 Å². The molecular weight excluding hydrogens is 608 g/mol. The summed E-state index contributed by atoms with van der Waals surface area (Å²) < 4.78 is 16.5. The molecular formula is C34H39BrN4O2S. The zero-order chi connectivity index (χ0) is 29.5. The molecule has 0 aliphatic carbocycles. The molecule has 1 amide bonds. The van der Waals surface area contributed by atoms with Crippen molar-refractivity contribution in [2.24, 2.45) is 5.73 Å². The van der Waals surface area contributed by atoms with Gasteiger partial charge in [-0.15, -0.1) is 0 Å². The fraction of sp³-hybridized carbons (Fsp3) is 0.324. The van der Waals surface area contributed by atoms with Gasteiger partial charge >= 0.3 is 0 Å². The summed E-state index contributed by atoms with van der Waals surface area (Å²) in [5.74, 6) is 0.194. The first-order valence-electron chi connectivity index (χ1n) is 14.6. The minimum atomic E-state index is -1.33. The molecule has 4 aromatic rings. The number of nitrogens with two attached hydrogens (primary N) is 1. The van der Waals surface area contributed by atoms with E-state index < -0.39 is 11.0 Å². The highest BCUT2D eigenvalue weighted by atomic mass is 79.9. The van der Waals surface area contributed by atoms with Gasteiger partial charge in [0.1, 0.15) is 11.0 Å². The first-order valence-corrected chi connectivity index (χ1v) is 16.5. The Kier molecular flexibility index (Phi) is 10.6. The van der Waals surface area contributed by atoms with Crippen LogP contribution in [0.15, 0.2) is 106 Å². The number of hydrogen-bond acceptors (Lipinski definition) is 4. The van der Waals surface area contributed by atoms with Gasteiger partial charge in [0.2, 0.25) is 5.91 Å². The van der Waals surface area contributed by atoms with Crippen LogP contribution in [0.4, 0.5) is 0 Å². The van der Waals surface area contributed by atoms with Gasteiger partial charge < -0.3 is 16.0 Å². The number of carbonyl (C=O) groups is 1. The molecule has 8 heteroatoms. The summed E-state index contributed by atoms with van der Waals surface area (Å²) in [4.78, 5) is 16.7. The monoisotopic (exact) mass is 646 g/mol. The summed E-state index contributed by atoms with van der Waals surface area (Å²) >= 11 is 3.52. The lowest BCUT2D eigenvalue weighted by atomic mass is 9.90. The molecule has 0 bridgehead atoms. The van der Waals surface area contributed by atoms with E-state index in [0.29, 0.717) is 32.6 Å². The second kappa shape index (κ2) is 14.5. The van der Waals surface area contributed by atoms with Crippen molar-refractivity contribution in [3.8, 4) is 0 Å². The summed E-state index contributed by atoms with van der Waals surface area (Å²) in [6.45, 7) is 2.34. The van der Waals surface area contributed by atoms with Crippen molar-refractivity contribution >= 4 is 43.6 Å². The first kappa shape index (κ1) is 30.6. The van der Waals surface area contributed by atoms with Crippen LogP contribution < -0.4 is 11.1 Å². The van der Waals surface area contributed by atoms with E-state index >= 15 is 0 Å². The maximum Gasteiger partial charge on any atom is 0.239 e. The van der Waals surface area contributed by atoms with Gasteiger partial charge in [0, 0.05) is 43.1 Å². The van der Waals surface area contributed by atoms with Crippen molar-refractivity contribution in [2.45, 2.75) is 42.2 Å². The molecule has 1 unspecified atom stereocenters. The van der Waals surface area contributed by atoms with Gasteiger partial charge in [-0.3, -0.25) is 4.79 Å². The molecule has 0 spiro atoms. The Labute approximate surface area is 260 Å². The molecule has 1 heterocycles. The molecule has 5 rings (SSSR count). The summed E-state index contributed by atoms with van der Waals surface area (Å²) in [6.07, 6.45) is 2.21. The molecule has 0 radical (unpaired) electrons. The number of fused-ring (bicyclic) bond motifs is 1. The average molecular weight is 648 g/mol. The van der Waals surface area contributed by atoms with Crippen LogP contribution in [0.25, 0.3) is 10.8 Å². The van der Waals surface area contributed by atoms with E-state index in [1.165, 1.54) is 11.1 Å². The van der Waals surface area contributed by atoms with Gasteiger partial charge in [0.05, 0.1) is 10.9 Å². The number of nitrogens with zero attached hydrogens (tertiary/aromatic N) is 2. The number of rotatable bonds is 11. The zero-order valence-electron chi connectivity index (χ0n) is 24.0. The number of amides is 1. The quantitative estimate of drug-likeness (QED) is 0.220. The van der Waals surface area contributed by atoms with Gasteiger partial charge in [-0.05, 0) is 72.0 Å². The van der Waals surface area contributed by atoms with E-state index in [9.17, 15) is 9.00 Å². The topological polar surface area (TPSA) is 78.7 Å². The van der Waals surface area contributed by atoms with Gasteiger partial charge in [-0.25, -0.2) is 8.51 Å². The SMILES string of the molecule is CN(C[C@@H]1CCN(CC(c2ccccc2)c2ccccc2)C(=O)[C@H](CCCN)N1)S(=O)c1ccc2cc(Br)ccc2c1. The summed E-state index contributed by atoms with van der Waals surface area (Å²) in [6, 6.07) is 32.6. The molecule has 1 aliphatic rings. The van der Waals surface area contributed by atoms with E-state index in [0.717, 1.165) is 33.0 Å². The van der Waals surface area contributed by atoms with Crippen LogP contribution in [-0.4, -0.2) is 64.6 Å². The number of benzene rings is 4. The van der Waals surface area contributed by atoms with Crippen molar-refractivity contribution in [3.63, 3.8) is 0 Å². The highest BCUT2D eigenvalue weighted by molar-refractivity contribution is 9.10. The van der Waals surface area contributed by atoms with Crippen LogP contribution in [0.3, 0.4) is 0 Å². The smallest absolute Gasteiger partial charge is 0.239 e. The first-order chi connectivity index (χ1) is 20.4. The van der Waals surface area contributed by atoms with Crippen LogP contribution >= 0.6 is 15.9 Å². The Morgan fingerprint density at radius 3 is 2.29 bits per heavy atom. The highest BCUT2D eigenvalue weighted by Crippen LogP contribution is 2.28. The van der Waals surface area contributed by atoms with Gasteiger partial charge in [0.25, 0.3) is 0 Å². The van der Waals surface area contributed by atoms with Gasteiger partial charge in [-0.1, -0.05) is 88.7 Å². The third-order valence-electron chi connectivity index (χ3n) is 8.03. The molecule has 1 fully saturated rings. The van der Waals surface area contributed by atoms with Crippen molar-refractivity contribution in [2.75, 3.05) is 33.2 Å². The highest BCUT2D eigenvalue weighted by Gasteiger charge is 2.33. The number of likely N-dealkylation sites (N-methyl/N-ethyl adjacent to an activating group) is 1. The molecule has 42 heavy (non-hydrogen) atoms. The minimum Gasteiger partial charge on any atom is -0.340 e. The molecule has 4 aromatic carbocycles. The normalized spacial score (nSPS) is 18.5. The Morgan fingerprint density at radius 2 is 1.62 bits per heavy atom. The second-order valence-electron chi connectivity index (χ2n) is 11.0. The predicted octanol–water partition coefficient (Wildman–Crippen LogP) is 5.69. The van der Waals surface area contributed by atoms with E-state index in [1.807, 2.05) is 58.7 Å². The summed E-state index contributed by atoms with van der Waals surface area (Å²) in [5, 5.41) is 5.78. The fourth-order valence-electron chi connectivity index (χ4n) is 5.79. The number of carbonyl (C=O) groups excluding carboxylic acids is 1. The van der Waals surface area contributed by atoms with Crippen molar-refractivity contribution < 1.29 is 9.00 Å². The van der Waals surface area contributed by atoms with Gasteiger partial charge in [-0.2, -0.15) is 0 Å². The standard InChI is InChI=1S/C34H39BrN4O2S/c1-38(42(41)31-17-15-27-21-29(35)16-14-28(27)22-31)23-30-18-20-39(34(40)33(37-30)13-8-19-36)24-32(25-9-4-2-5-10-25)26-11-6-3-7-12-26/h2-7,9-12,14-17,21-22,30,32-33,37H,8,13,18-20,23-24,36H2,1H3/t30-,33-,42?/m0/s1. The third-order valence-corrected chi connectivity index (χ3v) is 9.90. The zero-order valence-corrected chi connectivity index (χ0v) is 26.4. The van der Waals surface area contributed by atoms with Gasteiger partial charge in [0.15, 0.2) is 0 Å². The lowest BCUT2D eigenvalue weighted by Crippen LogP contribution is -2.49. The predicted molar refractivity (Wildman–Crippen MR) is 176 cm³/mol. The molecule has 3 atom stereocenters. The molecule has 6 nitrogen and oxygen atoms in total. The molecule has 1 saturated heterocycles. The van der Waals surface area contributed by atoms with Crippen LogP contribution in [0.2, 0.25) is 0 Å². The van der Waals surface area contributed by atoms with E-state index in [1.54, 1.807) is 0 Å². The minimum absolute atomic E-state index is 0.0130. The molecule has 0 aromatic heterocycles. The Bertz CT molecular complexity index is 1460. The average Bonchev–Trinajstić information content (AvgIpc) is 3.16. The van der Waals surface area contributed by atoms with Crippen molar-refractivity contribution in [1.82, 2.24) is 14.5 Å². The Hall–Kier alpha value is -2.88. The maximum absolute atomic E-state index is 13.9. The Balaban J connectivity index is 1.32. The fourth-order valence-corrected chi connectivity index (χ4v) is 7.26. The lowest BCUT2D eigenvalue weighted by Gasteiger charge is -2.29. The summed E-state index contributed by atoms with van der Waals surface area (Å²) in [7, 11) is 0.566. The lowest BCUT2D eigenvalue weighted by molar-refractivity contribution is -0.133. The van der Waals surface area contributed by atoms with Crippen LogP contribution in [0.1, 0.15) is 36.3 Å². The van der Waals surface area contributed by atoms with E-state index in [-0.39, 0.29) is 23.9 Å². The number of nitrogens with one attached hydrogen (secondary N) is 1. The van der Waals surface area contributed by atoms with Crippen LogP contribution in [0, 0.1) is 0 Å². The number of hydrogen-bond donors (Lipinski definition) is 2. The van der Waals surface area contributed by atoms with Crippen LogP contribution in [0.5, 0.6) is 0 Å². The van der Waals surface area contributed by atoms with Crippen LogP contribution in [-0.2, 0) is 15.8 Å². The number of halogens is 1. The van der Waals surface area contributed by atoms with Crippen molar-refractivity contribution in [3.05, 3.63) is 113 Å². The molecule has 0 saturated carbocycles. The second-order valence-corrected chi connectivity index (χ2v) is 13.5. The Morgan fingerprint density at radius 1 is 0.976 bits per heavy atom. The molecule has 220 valence electrons. The largest absolute Gasteiger partial charge is 0.340 e. The van der Waals surface area contributed by atoms with E-state index in [4.69, 9.17) is 5.73 Å². The van der Waals surface area contributed by atoms with E-state index in [2.05, 4.69) is 75.8 Å².